The van der Waals surface area contributed by atoms with E-state index in [-0.39, 0.29) is 42.9 Å². The standard InChI is InChI=1S/C19H20FN3O4S/c1-14(24)21-16-6-4-5-15(13-16)19(25)22-9-11-23(12-10-22)28(26,27)18-8-3-2-7-17(18)20/h2-8,13H,9-12H2,1H3,(H,21,24). The Morgan fingerprint density at radius 3 is 2.32 bits per heavy atom. The number of carbonyl (C=O) groups excluding carboxylic acids is 2. The minimum absolute atomic E-state index is 0.0772. The molecule has 3 rings (SSSR count). The van der Waals surface area contributed by atoms with E-state index in [2.05, 4.69) is 5.32 Å². The van der Waals surface area contributed by atoms with Crippen molar-refractivity contribution in [2.75, 3.05) is 31.5 Å². The highest BCUT2D eigenvalue weighted by Crippen LogP contribution is 2.21. The summed E-state index contributed by atoms with van der Waals surface area (Å²) in [5, 5.41) is 2.62. The summed E-state index contributed by atoms with van der Waals surface area (Å²) in [6.45, 7) is 1.92. The Bertz CT molecular complexity index is 1000. The molecule has 1 aliphatic rings. The van der Waals surface area contributed by atoms with E-state index >= 15 is 0 Å². The minimum atomic E-state index is -3.95. The van der Waals surface area contributed by atoms with Gasteiger partial charge in [-0.05, 0) is 30.3 Å². The molecule has 1 saturated heterocycles. The van der Waals surface area contributed by atoms with E-state index in [9.17, 15) is 22.4 Å². The lowest BCUT2D eigenvalue weighted by Gasteiger charge is -2.34. The number of carbonyl (C=O) groups is 2. The van der Waals surface area contributed by atoms with Crippen molar-refractivity contribution in [1.29, 1.82) is 0 Å². The van der Waals surface area contributed by atoms with E-state index in [1.165, 1.54) is 29.4 Å². The highest BCUT2D eigenvalue weighted by molar-refractivity contribution is 7.89. The lowest BCUT2D eigenvalue weighted by atomic mass is 10.1. The van der Waals surface area contributed by atoms with E-state index < -0.39 is 15.8 Å². The molecule has 0 spiro atoms. The Hall–Kier alpha value is -2.78. The topological polar surface area (TPSA) is 86.8 Å². The first kappa shape index (κ1) is 20.0. The average Bonchev–Trinajstić information content (AvgIpc) is 2.67. The smallest absolute Gasteiger partial charge is 0.254 e. The van der Waals surface area contributed by atoms with E-state index in [0.29, 0.717) is 11.3 Å². The molecule has 0 bridgehead atoms. The summed E-state index contributed by atoms with van der Waals surface area (Å²) < 4.78 is 40.4. The summed E-state index contributed by atoms with van der Waals surface area (Å²) >= 11 is 0. The first-order valence-electron chi connectivity index (χ1n) is 8.70. The third-order valence-electron chi connectivity index (χ3n) is 4.41. The van der Waals surface area contributed by atoms with Crippen molar-refractivity contribution in [2.45, 2.75) is 11.8 Å². The van der Waals surface area contributed by atoms with Gasteiger partial charge in [-0.2, -0.15) is 4.31 Å². The van der Waals surface area contributed by atoms with E-state index in [4.69, 9.17) is 0 Å². The molecule has 28 heavy (non-hydrogen) atoms. The summed E-state index contributed by atoms with van der Waals surface area (Å²) in [7, 11) is -3.95. The molecule has 9 heteroatoms. The van der Waals surface area contributed by atoms with Gasteiger partial charge in [0.05, 0.1) is 0 Å². The molecular weight excluding hydrogens is 385 g/mol. The zero-order chi connectivity index (χ0) is 20.3. The molecule has 2 amide bonds. The second-order valence-corrected chi connectivity index (χ2v) is 8.30. The van der Waals surface area contributed by atoms with E-state index in [0.717, 1.165) is 6.07 Å². The van der Waals surface area contributed by atoms with Gasteiger partial charge in [0, 0.05) is 44.4 Å². The third-order valence-corrected chi connectivity index (χ3v) is 6.34. The van der Waals surface area contributed by atoms with E-state index in [1.807, 2.05) is 0 Å². The van der Waals surface area contributed by atoms with Gasteiger partial charge >= 0.3 is 0 Å². The molecule has 1 heterocycles. The fraction of sp³-hybridized carbons (Fsp3) is 0.263. The molecule has 0 unspecified atom stereocenters. The number of rotatable bonds is 4. The third kappa shape index (κ3) is 4.20. The maximum absolute atomic E-state index is 13.9. The number of anilines is 1. The Morgan fingerprint density at radius 2 is 1.68 bits per heavy atom. The Kier molecular flexibility index (Phi) is 5.76. The number of nitrogens with one attached hydrogen (secondary N) is 1. The predicted molar refractivity (Wildman–Crippen MR) is 102 cm³/mol. The van der Waals surface area contributed by atoms with Gasteiger partial charge < -0.3 is 10.2 Å². The van der Waals surface area contributed by atoms with Gasteiger partial charge in [-0.15, -0.1) is 0 Å². The van der Waals surface area contributed by atoms with Crippen molar-refractivity contribution in [1.82, 2.24) is 9.21 Å². The number of benzene rings is 2. The van der Waals surface area contributed by atoms with Gasteiger partial charge in [0.15, 0.2) is 0 Å². The summed E-state index contributed by atoms with van der Waals surface area (Å²) in [5.74, 6) is -1.29. The van der Waals surface area contributed by atoms with Crippen LogP contribution in [0.3, 0.4) is 0 Å². The van der Waals surface area contributed by atoms with Crippen LogP contribution in [0.4, 0.5) is 10.1 Å². The highest BCUT2D eigenvalue weighted by Gasteiger charge is 2.32. The van der Waals surface area contributed by atoms with Crippen LogP contribution in [0, 0.1) is 5.82 Å². The van der Waals surface area contributed by atoms with Crippen molar-refractivity contribution in [3.05, 3.63) is 59.9 Å². The predicted octanol–water partition coefficient (Wildman–Crippen LogP) is 1.93. The molecule has 2 aromatic carbocycles. The van der Waals surface area contributed by atoms with Crippen LogP contribution in [0.1, 0.15) is 17.3 Å². The lowest BCUT2D eigenvalue weighted by Crippen LogP contribution is -2.50. The number of hydrogen-bond acceptors (Lipinski definition) is 4. The van der Waals surface area contributed by atoms with Crippen molar-refractivity contribution in [3.63, 3.8) is 0 Å². The summed E-state index contributed by atoms with van der Waals surface area (Å²) in [6.07, 6.45) is 0. The van der Waals surface area contributed by atoms with Crippen LogP contribution in [0.5, 0.6) is 0 Å². The van der Waals surface area contributed by atoms with Gasteiger partial charge in [-0.25, -0.2) is 12.8 Å². The molecule has 7 nitrogen and oxygen atoms in total. The van der Waals surface area contributed by atoms with Gasteiger partial charge in [0.25, 0.3) is 5.91 Å². The normalized spacial score (nSPS) is 15.3. The van der Waals surface area contributed by atoms with Crippen molar-refractivity contribution in [3.8, 4) is 0 Å². The second-order valence-electron chi connectivity index (χ2n) is 6.39. The number of halogens is 1. The molecule has 0 saturated carbocycles. The van der Waals surface area contributed by atoms with Crippen LogP contribution in [0.25, 0.3) is 0 Å². The molecule has 1 aliphatic heterocycles. The van der Waals surface area contributed by atoms with E-state index in [1.54, 1.807) is 29.2 Å². The van der Waals surface area contributed by atoms with Crippen molar-refractivity contribution in [2.24, 2.45) is 0 Å². The number of sulfonamides is 1. The molecule has 0 aliphatic carbocycles. The van der Waals surface area contributed by atoms with Crippen LogP contribution in [-0.4, -0.2) is 55.6 Å². The monoisotopic (exact) mass is 405 g/mol. The largest absolute Gasteiger partial charge is 0.336 e. The lowest BCUT2D eigenvalue weighted by molar-refractivity contribution is -0.114. The molecule has 0 radical (unpaired) electrons. The fourth-order valence-electron chi connectivity index (χ4n) is 3.04. The van der Waals surface area contributed by atoms with Crippen LogP contribution in [0.15, 0.2) is 53.4 Å². The Morgan fingerprint density at radius 1 is 1.00 bits per heavy atom. The van der Waals surface area contributed by atoms with Gasteiger partial charge in [0.2, 0.25) is 15.9 Å². The number of piperazine rings is 1. The fourth-order valence-corrected chi connectivity index (χ4v) is 4.53. The summed E-state index contributed by atoms with van der Waals surface area (Å²) in [4.78, 5) is 25.1. The van der Waals surface area contributed by atoms with Crippen LogP contribution in [-0.2, 0) is 14.8 Å². The van der Waals surface area contributed by atoms with Crippen LogP contribution < -0.4 is 5.32 Å². The maximum atomic E-state index is 13.9. The summed E-state index contributed by atoms with van der Waals surface area (Å²) in [6, 6.07) is 11.8. The highest BCUT2D eigenvalue weighted by atomic mass is 32.2. The van der Waals surface area contributed by atoms with Crippen LogP contribution >= 0.6 is 0 Å². The maximum Gasteiger partial charge on any atom is 0.254 e. The number of amides is 2. The van der Waals surface area contributed by atoms with Crippen molar-refractivity contribution >= 4 is 27.5 Å². The molecular formula is C19H20FN3O4S. The van der Waals surface area contributed by atoms with Crippen LogP contribution in [0.2, 0.25) is 0 Å². The molecule has 148 valence electrons. The van der Waals surface area contributed by atoms with Gasteiger partial charge in [0.1, 0.15) is 10.7 Å². The molecule has 2 aromatic rings. The quantitative estimate of drug-likeness (QED) is 0.842. The first-order chi connectivity index (χ1) is 13.3. The molecule has 0 aromatic heterocycles. The molecule has 0 atom stereocenters. The average molecular weight is 405 g/mol. The number of nitrogens with zero attached hydrogens (tertiary/aromatic N) is 2. The Balaban J connectivity index is 1.69. The molecule has 1 N–H and O–H groups in total. The minimum Gasteiger partial charge on any atom is -0.336 e. The zero-order valence-corrected chi connectivity index (χ0v) is 16.1. The first-order valence-corrected chi connectivity index (χ1v) is 10.1. The van der Waals surface area contributed by atoms with Gasteiger partial charge in [-0.3, -0.25) is 9.59 Å². The van der Waals surface area contributed by atoms with Crippen molar-refractivity contribution < 1.29 is 22.4 Å². The summed E-state index contributed by atoms with van der Waals surface area (Å²) in [5.41, 5.74) is 0.913. The number of hydrogen-bond donors (Lipinski definition) is 1. The zero-order valence-electron chi connectivity index (χ0n) is 15.3. The van der Waals surface area contributed by atoms with Gasteiger partial charge in [-0.1, -0.05) is 18.2 Å². The molecule has 1 fully saturated rings. The second kappa shape index (κ2) is 8.07. The Labute approximate surface area is 162 Å². The SMILES string of the molecule is CC(=O)Nc1cccc(C(=O)N2CCN(S(=O)(=O)c3ccccc3F)CC2)c1.